The van der Waals surface area contributed by atoms with Crippen LogP contribution < -0.4 is 5.32 Å². The van der Waals surface area contributed by atoms with Crippen molar-refractivity contribution in [3.8, 4) is 0 Å². The molecule has 36 heavy (non-hydrogen) atoms. The molecule has 1 N–H and O–H groups in total. The number of hydrogen-bond donors (Lipinski definition) is 1. The smallest absolute Gasteiger partial charge is 0.321 e. The van der Waals surface area contributed by atoms with Crippen molar-refractivity contribution in [3.05, 3.63) is 80.3 Å². The number of aromatic nitrogens is 1. The summed E-state index contributed by atoms with van der Waals surface area (Å²) in [5, 5.41) is 11.1. The van der Waals surface area contributed by atoms with Gasteiger partial charge in [0.25, 0.3) is 0 Å². The number of nitrogens with zero attached hydrogens (tertiary/aromatic N) is 3. The second-order valence-corrected chi connectivity index (χ2v) is 10.5. The number of benzene rings is 2. The van der Waals surface area contributed by atoms with Crippen LogP contribution in [0.1, 0.15) is 63.5 Å². The second-order valence-electron chi connectivity index (χ2n) is 9.21. The van der Waals surface area contributed by atoms with Gasteiger partial charge in [0.15, 0.2) is 6.10 Å². The maximum Gasteiger partial charge on any atom is 0.321 e. The summed E-state index contributed by atoms with van der Waals surface area (Å²) in [5.74, 6) is 0.342. The van der Waals surface area contributed by atoms with Gasteiger partial charge in [0.05, 0.1) is 16.4 Å². The zero-order valence-corrected chi connectivity index (χ0v) is 21.5. The monoisotopic (exact) mass is 522 g/mol. The van der Waals surface area contributed by atoms with E-state index in [0.717, 1.165) is 52.4 Å². The van der Waals surface area contributed by atoms with Crippen molar-refractivity contribution in [1.82, 2.24) is 9.88 Å². The molecule has 2 aromatic carbocycles. The Labute approximate surface area is 219 Å². The summed E-state index contributed by atoms with van der Waals surface area (Å²) in [6, 6.07) is 12.9. The normalized spacial score (nSPS) is 18.0. The number of carbonyl (C=O) groups is 2. The lowest BCUT2D eigenvalue weighted by molar-refractivity contribution is 0.0843. The molecule has 2 aliphatic rings. The molecule has 2 amide bonds. The average Bonchev–Trinajstić information content (AvgIpc) is 3.56. The third-order valence-corrected chi connectivity index (χ3v) is 8.02. The first-order valence-corrected chi connectivity index (χ1v) is 13.3. The van der Waals surface area contributed by atoms with E-state index >= 15 is 0 Å². The molecule has 3 aromatic rings. The maximum atomic E-state index is 12.8. The Kier molecular flexibility index (Phi) is 7.34. The SMILES string of the molecule is Cc1ccc(Cl)cc1NC(=O)N1CCC(c2nc(CC3=NOC(c4ccccc4C=O)C3)cs2)CC1. The van der Waals surface area contributed by atoms with Crippen LogP contribution in [-0.2, 0) is 11.3 Å². The molecule has 0 aliphatic carbocycles. The standard InChI is InChI=1S/C27H27ClN4O3S/c1-17-6-7-20(28)12-24(17)30-27(34)32-10-8-18(9-11-32)26-29-22(16-36-26)13-21-14-25(35-31-21)23-5-3-2-4-19(23)15-33/h2-7,12,15-16,18,25H,8-11,13-14H2,1H3,(H,30,34). The molecule has 9 heteroatoms. The van der Waals surface area contributed by atoms with Crippen LogP contribution in [0.15, 0.2) is 53.0 Å². The van der Waals surface area contributed by atoms with Crippen LogP contribution in [0, 0.1) is 6.92 Å². The fourth-order valence-corrected chi connectivity index (χ4v) is 5.83. The number of likely N-dealkylation sites (tertiary alicyclic amines) is 1. The van der Waals surface area contributed by atoms with Gasteiger partial charge in [0.2, 0.25) is 0 Å². The van der Waals surface area contributed by atoms with E-state index in [1.54, 1.807) is 23.5 Å². The van der Waals surface area contributed by atoms with Crippen LogP contribution in [0.2, 0.25) is 5.02 Å². The van der Waals surface area contributed by atoms with Gasteiger partial charge in [-0.05, 0) is 37.5 Å². The van der Waals surface area contributed by atoms with Crippen LogP contribution in [0.25, 0.3) is 0 Å². The number of rotatable bonds is 6. The van der Waals surface area contributed by atoms with Gasteiger partial charge in [0, 0.05) is 59.1 Å². The lowest BCUT2D eigenvalue weighted by atomic mass is 9.97. The van der Waals surface area contributed by atoms with E-state index in [9.17, 15) is 9.59 Å². The van der Waals surface area contributed by atoms with Gasteiger partial charge >= 0.3 is 6.03 Å². The van der Waals surface area contributed by atoms with E-state index in [-0.39, 0.29) is 12.1 Å². The highest BCUT2D eigenvalue weighted by Crippen LogP contribution is 2.33. The van der Waals surface area contributed by atoms with Gasteiger partial charge < -0.3 is 15.1 Å². The third kappa shape index (κ3) is 5.44. The van der Waals surface area contributed by atoms with E-state index in [1.807, 2.05) is 42.2 Å². The van der Waals surface area contributed by atoms with Gasteiger partial charge in [-0.25, -0.2) is 9.78 Å². The van der Waals surface area contributed by atoms with Crippen LogP contribution in [0.3, 0.4) is 0 Å². The van der Waals surface area contributed by atoms with E-state index in [2.05, 4.69) is 15.9 Å². The number of aldehydes is 1. The number of carbonyl (C=O) groups excluding carboxylic acids is 2. The number of halogens is 1. The van der Waals surface area contributed by atoms with Gasteiger partial charge in [-0.15, -0.1) is 11.3 Å². The highest BCUT2D eigenvalue weighted by Gasteiger charge is 2.28. The molecule has 186 valence electrons. The lowest BCUT2D eigenvalue weighted by Gasteiger charge is -2.31. The summed E-state index contributed by atoms with van der Waals surface area (Å²) < 4.78 is 0. The van der Waals surface area contributed by atoms with Crippen LogP contribution in [-0.4, -0.2) is 41.0 Å². The van der Waals surface area contributed by atoms with Crippen molar-refractivity contribution in [1.29, 1.82) is 0 Å². The molecule has 0 radical (unpaired) electrons. The Balaban J connectivity index is 1.13. The van der Waals surface area contributed by atoms with E-state index in [1.165, 1.54) is 0 Å². The Morgan fingerprint density at radius 2 is 2.06 bits per heavy atom. The van der Waals surface area contributed by atoms with Gasteiger partial charge in [-0.3, -0.25) is 4.79 Å². The fraction of sp³-hybridized carbons (Fsp3) is 0.333. The Morgan fingerprint density at radius 3 is 2.86 bits per heavy atom. The summed E-state index contributed by atoms with van der Waals surface area (Å²) in [4.78, 5) is 36.5. The third-order valence-electron chi connectivity index (χ3n) is 6.73. The number of anilines is 1. The first kappa shape index (κ1) is 24.5. The maximum absolute atomic E-state index is 12.8. The molecule has 1 atom stereocenters. The first-order valence-electron chi connectivity index (χ1n) is 12.0. The van der Waals surface area contributed by atoms with Gasteiger partial charge in [0.1, 0.15) is 6.29 Å². The van der Waals surface area contributed by atoms with Crippen LogP contribution >= 0.6 is 22.9 Å². The number of thiazole rings is 1. The largest absolute Gasteiger partial charge is 0.387 e. The molecule has 3 heterocycles. The van der Waals surface area contributed by atoms with E-state index in [4.69, 9.17) is 21.4 Å². The van der Waals surface area contributed by atoms with E-state index in [0.29, 0.717) is 42.4 Å². The van der Waals surface area contributed by atoms with Crippen molar-refractivity contribution in [2.45, 2.75) is 44.6 Å². The molecule has 0 spiro atoms. The summed E-state index contributed by atoms with van der Waals surface area (Å²) in [5.41, 5.74) is 5.15. The molecule has 0 saturated carbocycles. The first-order chi connectivity index (χ1) is 17.5. The molecular formula is C27H27ClN4O3S. The highest BCUT2D eigenvalue weighted by atomic mass is 35.5. The van der Waals surface area contributed by atoms with Crippen LogP contribution in [0.5, 0.6) is 0 Å². The predicted molar refractivity (Wildman–Crippen MR) is 142 cm³/mol. The number of piperidine rings is 1. The van der Waals surface area contributed by atoms with Crippen LogP contribution in [0.4, 0.5) is 10.5 Å². The van der Waals surface area contributed by atoms with Crippen molar-refractivity contribution >= 4 is 46.7 Å². The zero-order valence-electron chi connectivity index (χ0n) is 19.9. The molecule has 0 bridgehead atoms. The summed E-state index contributed by atoms with van der Waals surface area (Å²) in [7, 11) is 0. The molecule has 1 fully saturated rings. The number of nitrogens with one attached hydrogen (secondary N) is 1. The molecule has 2 aliphatic heterocycles. The van der Waals surface area contributed by atoms with E-state index < -0.39 is 0 Å². The quantitative estimate of drug-likeness (QED) is 0.380. The number of urea groups is 1. The number of hydrogen-bond acceptors (Lipinski definition) is 6. The minimum atomic E-state index is -0.231. The number of aryl methyl sites for hydroxylation is 1. The molecule has 1 aromatic heterocycles. The minimum Gasteiger partial charge on any atom is -0.387 e. The molecule has 7 nitrogen and oxygen atoms in total. The fourth-order valence-electron chi connectivity index (χ4n) is 4.66. The summed E-state index contributed by atoms with van der Waals surface area (Å²) in [6.07, 6.45) is 3.67. The topological polar surface area (TPSA) is 83.9 Å². The molecule has 5 rings (SSSR count). The molecular weight excluding hydrogens is 496 g/mol. The molecule has 1 saturated heterocycles. The summed E-state index contributed by atoms with van der Waals surface area (Å²) in [6.45, 7) is 3.32. The zero-order chi connectivity index (χ0) is 25.1. The second kappa shape index (κ2) is 10.8. The number of amides is 2. The Hall–Kier alpha value is -3.23. The Bertz CT molecular complexity index is 1300. The predicted octanol–water partition coefficient (Wildman–Crippen LogP) is 6.39. The van der Waals surface area contributed by atoms with Crippen molar-refractivity contribution in [2.24, 2.45) is 5.16 Å². The minimum absolute atomic E-state index is 0.0939. The average molecular weight is 523 g/mol. The molecule has 1 unspecified atom stereocenters. The van der Waals surface area contributed by atoms with Crippen molar-refractivity contribution in [3.63, 3.8) is 0 Å². The Morgan fingerprint density at radius 1 is 1.25 bits per heavy atom. The van der Waals surface area contributed by atoms with Gasteiger partial charge in [-0.1, -0.05) is 47.1 Å². The highest BCUT2D eigenvalue weighted by molar-refractivity contribution is 7.09. The van der Waals surface area contributed by atoms with Gasteiger partial charge in [-0.2, -0.15) is 0 Å². The lowest BCUT2D eigenvalue weighted by Crippen LogP contribution is -2.40. The van der Waals surface area contributed by atoms with Crippen molar-refractivity contribution in [2.75, 3.05) is 18.4 Å². The van der Waals surface area contributed by atoms with Crippen molar-refractivity contribution < 1.29 is 14.4 Å². The summed E-state index contributed by atoms with van der Waals surface area (Å²) >= 11 is 7.75. The number of oxime groups is 1.